The Morgan fingerprint density at radius 3 is 2.82 bits per heavy atom. The number of carbonyl (C=O) groups excluding carboxylic acids is 1. The minimum atomic E-state index is -0.143. The fraction of sp³-hybridized carbons (Fsp3) is 0.929. The molecule has 0 aromatic heterocycles. The van der Waals surface area contributed by atoms with Crippen LogP contribution >= 0.6 is 0 Å². The van der Waals surface area contributed by atoms with Crippen LogP contribution in [0.3, 0.4) is 0 Å². The predicted octanol–water partition coefficient (Wildman–Crippen LogP) is 2.07. The summed E-state index contributed by atoms with van der Waals surface area (Å²) in [5, 5.41) is 6.61. The van der Waals surface area contributed by atoms with Gasteiger partial charge in [-0.25, -0.2) is 0 Å². The molecule has 0 radical (unpaired) electrons. The maximum Gasteiger partial charge on any atom is 0.227 e. The van der Waals surface area contributed by atoms with E-state index < -0.39 is 0 Å². The van der Waals surface area contributed by atoms with E-state index in [4.69, 9.17) is 0 Å². The zero-order chi connectivity index (χ0) is 12.3. The second kappa shape index (κ2) is 5.38. The monoisotopic (exact) mass is 238 g/mol. The number of amides is 1. The summed E-state index contributed by atoms with van der Waals surface area (Å²) in [4.78, 5) is 12.4. The van der Waals surface area contributed by atoms with Gasteiger partial charge in [-0.3, -0.25) is 4.79 Å². The Bertz CT molecular complexity index is 267. The van der Waals surface area contributed by atoms with Crippen molar-refractivity contribution in [3.8, 4) is 0 Å². The van der Waals surface area contributed by atoms with E-state index in [2.05, 4.69) is 24.5 Å². The van der Waals surface area contributed by atoms with Crippen LogP contribution in [0.4, 0.5) is 0 Å². The molecule has 2 unspecified atom stereocenters. The standard InChI is InChI=1S/C14H26N2O/c1-3-14(7-4-8-15-10-14)13(17)16-11(2)9-12-5-6-12/h11-12,15H,3-10H2,1-2H3,(H,16,17). The van der Waals surface area contributed by atoms with Gasteiger partial charge >= 0.3 is 0 Å². The molecule has 0 aromatic carbocycles. The molecule has 0 bridgehead atoms. The Morgan fingerprint density at radius 2 is 2.29 bits per heavy atom. The van der Waals surface area contributed by atoms with E-state index in [9.17, 15) is 4.79 Å². The molecule has 0 aromatic rings. The molecular weight excluding hydrogens is 212 g/mol. The van der Waals surface area contributed by atoms with Crippen LogP contribution in [0.2, 0.25) is 0 Å². The highest BCUT2D eigenvalue weighted by Gasteiger charge is 2.38. The molecule has 1 saturated heterocycles. The molecule has 1 saturated carbocycles. The predicted molar refractivity (Wildman–Crippen MR) is 69.8 cm³/mol. The minimum Gasteiger partial charge on any atom is -0.353 e. The molecule has 2 atom stereocenters. The molecule has 17 heavy (non-hydrogen) atoms. The number of hydrogen-bond acceptors (Lipinski definition) is 2. The summed E-state index contributed by atoms with van der Waals surface area (Å²) < 4.78 is 0. The summed E-state index contributed by atoms with van der Waals surface area (Å²) in [5.41, 5.74) is -0.143. The highest BCUT2D eigenvalue weighted by atomic mass is 16.2. The van der Waals surface area contributed by atoms with Crippen molar-refractivity contribution in [2.75, 3.05) is 13.1 Å². The van der Waals surface area contributed by atoms with Gasteiger partial charge in [0.1, 0.15) is 0 Å². The third-order valence-electron chi connectivity index (χ3n) is 4.39. The molecule has 1 heterocycles. The second-order valence-electron chi connectivity index (χ2n) is 5.97. The average molecular weight is 238 g/mol. The number of rotatable bonds is 5. The van der Waals surface area contributed by atoms with Crippen LogP contribution < -0.4 is 10.6 Å². The molecule has 2 N–H and O–H groups in total. The number of piperidine rings is 1. The van der Waals surface area contributed by atoms with Crippen molar-refractivity contribution in [3.63, 3.8) is 0 Å². The molecule has 3 nitrogen and oxygen atoms in total. The van der Waals surface area contributed by atoms with Gasteiger partial charge in [-0.15, -0.1) is 0 Å². The summed E-state index contributed by atoms with van der Waals surface area (Å²) in [6, 6.07) is 0.348. The Morgan fingerprint density at radius 1 is 1.53 bits per heavy atom. The van der Waals surface area contributed by atoms with Gasteiger partial charge in [-0.05, 0) is 45.1 Å². The molecule has 2 aliphatic rings. The van der Waals surface area contributed by atoms with Gasteiger partial charge in [0.15, 0.2) is 0 Å². The van der Waals surface area contributed by atoms with E-state index in [1.54, 1.807) is 0 Å². The fourth-order valence-corrected chi connectivity index (χ4v) is 2.91. The van der Waals surface area contributed by atoms with Gasteiger partial charge in [0.2, 0.25) is 5.91 Å². The maximum absolute atomic E-state index is 12.4. The van der Waals surface area contributed by atoms with Crippen molar-refractivity contribution >= 4 is 5.91 Å². The first-order valence-electron chi connectivity index (χ1n) is 7.18. The van der Waals surface area contributed by atoms with Crippen molar-refractivity contribution in [2.24, 2.45) is 11.3 Å². The molecule has 0 spiro atoms. The summed E-state index contributed by atoms with van der Waals surface area (Å²) in [6.07, 6.45) is 7.00. The van der Waals surface area contributed by atoms with Crippen LogP contribution in [0, 0.1) is 11.3 Å². The molecule has 3 heteroatoms. The summed E-state index contributed by atoms with van der Waals surface area (Å²) in [7, 11) is 0. The maximum atomic E-state index is 12.4. The first kappa shape index (κ1) is 12.9. The zero-order valence-electron chi connectivity index (χ0n) is 11.2. The van der Waals surface area contributed by atoms with Crippen LogP contribution in [-0.2, 0) is 4.79 Å². The van der Waals surface area contributed by atoms with Crippen LogP contribution in [0.5, 0.6) is 0 Å². The summed E-state index contributed by atoms with van der Waals surface area (Å²) in [6.45, 7) is 6.20. The van der Waals surface area contributed by atoms with Gasteiger partial charge in [-0.1, -0.05) is 19.8 Å². The van der Waals surface area contributed by atoms with Crippen molar-refractivity contribution in [3.05, 3.63) is 0 Å². The van der Waals surface area contributed by atoms with Crippen LogP contribution in [-0.4, -0.2) is 25.0 Å². The van der Waals surface area contributed by atoms with Gasteiger partial charge in [0, 0.05) is 12.6 Å². The van der Waals surface area contributed by atoms with Crippen molar-refractivity contribution < 1.29 is 4.79 Å². The smallest absolute Gasteiger partial charge is 0.227 e. The van der Waals surface area contributed by atoms with Gasteiger partial charge in [-0.2, -0.15) is 0 Å². The largest absolute Gasteiger partial charge is 0.353 e. The van der Waals surface area contributed by atoms with E-state index in [1.165, 1.54) is 19.3 Å². The lowest BCUT2D eigenvalue weighted by Gasteiger charge is -2.36. The first-order chi connectivity index (χ1) is 8.16. The zero-order valence-corrected chi connectivity index (χ0v) is 11.2. The highest BCUT2D eigenvalue weighted by Crippen LogP contribution is 2.34. The van der Waals surface area contributed by atoms with E-state index >= 15 is 0 Å². The summed E-state index contributed by atoms with van der Waals surface area (Å²) in [5.74, 6) is 1.16. The SMILES string of the molecule is CCC1(C(=O)NC(C)CC2CC2)CCCNC1. The molecule has 98 valence electrons. The molecule has 2 fully saturated rings. The van der Waals surface area contributed by atoms with E-state index in [-0.39, 0.29) is 11.3 Å². The lowest BCUT2D eigenvalue weighted by Crippen LogP contribution is -2.52. The summed E-state index contributed by atoms with van der Waals surface area (Å²) >= 11 is 0. The second-order valence-corrected chi connectivity index (χ2v) is 5.97. The Labute approximate surface area is 105 Å². The topological polar surface area (TPSA) is 41.1 Å². The van der Waals surface area contributed by atoms with Crippen molar-refractivity contribution in [1.82, 2.24) is 10.6 Å². The van der Waals surface area contributed by atoms with Gasteiger partial charge in [0.25, 0.3) is 0 Å². The first-order valence-corrected chi connectivity index (χ1v) is 7.18. The van der Waals surface area contributed by atoms with E-state index in [0.717, 1.165) is 38.3 Å². The fourth-order valence-electron chi connectivity index (χ4n) is 2.91. The van der Waals surface area contributed by atoms with Gasteiger partial charge < -0.3 is 10.6 Å². The Hall–Kier alpha value is -0.570. The average Bonchev–Trinajstić information content (AvgIpc) is 3.13. The normalized spacial score (nSPS) is 30.9. The molecule has 1 aliphatic carbocycles. The van der Waals surface area contributed by atoms with Crippen molar-refractivity contribution in [1.29, 1.82) is 0 Å². The van der Waals surface area contributed by atoms with E-state index in [0.29, 0.717) is 6.04 Å². The molecular formula is C14H26N2O. The molecule has 2 rings (SSSR count). The Balaban J connectivity index is 1.86. The molecule has 1 amide bonds. The minimum absolute atomic E-state index is 0.143. The number of carbonyl (C=O) groups is 1. The van der Waals surface area contributed by atoms with Crippen LogP contribution in [0.15, 0.2) is 0 Å². The van der Waals surface area contributed by atoms with Crippen LogP contribution in [0.1, 0.15) is 52.4 Å². The molecule has 1 aliphatic heterocycles. The number of nitrogens with one attached hydrogen (secondary N) is 2. The quantitative estimate of drug-likeness (QED) is 0.770. The number of hydrogen-bond donors (Lipinski definition) is 2. The Kier molecular flexibility index (Phi) is 4.08. The lowest BCUT2D eigenvalue weighted by molar-refractivity contribution is -0.133. The third kappa shape index (κ3) is 3.21. The highest BCUT2D eigenvalue weighted by molar-refractivity contribution is 5.83. The third-order valence-corrected chi connectivity index (χ3v) is 4.39. The van der Waals surface area contributed by atoms with E-state index in [1.807, 2.05) is 0 Å². The lowest BCUT2D eigenvalue weighted by atomic mass is 9.77. The van der Waals surface area contributed by atoms with Crippen molar-refractivity contribution in [2.45, 2.75) is 58.4 Å². The van der Waals surface area contributed by atoms with Crippen LogP contribution in [0.25, 0.3) is 0 Å². The van der Waals surface area contributed by atoms with Gasteiger partial charge in [0.05, 0.1) is 5.41 Å².